The van der Waals surface area contributed by atoms with Crippen molar-refractivity contribution in [1.29, 1.82) is 0 Å². The summed E-state index contributed by atoms with van der Waals surface area (Å²) in [5.41, 5.74) is 0. The molecule has 0 unspecified atom stereocenters. The molecule has 1 aliphatic rings. The molecule has 1 amide bonds. The average molecular weight is 265 g/mol. The van der Waals surface area contributed by atoms with Crippen molar-refractivity contribution in [1.82, 2.24) is 5.32 Å². The molecule has 1 aromatic heterocycles. The zero-order chi connectivity index (χ0) is 13.5. The van der Waals surface area contributed by atoms with Crippen molar-refractivity contribution in [3.05, 3.63) is 24.2 Å². The zero-order valence-corrected chi connectivity index (χ0v) is 10.9. The van der Waals surface area contributed by atoms with Crippen molar-refractivity contribution >= 4 is 11.9 Å². The van der Waals surface area contributed by atoms with Gasteiger partial charge in [-0.1, -0.05) is 6.42 Å². The molecule has 104 valence electrons. The Morgan fingerprint density at radius 1 is 1.32 bits per heavy atom. The van der Waals surface area contributed by atoms with E-state index in [1.165, 1.54) is 12.7 Å². The number of carbonyl (C=O) groups excluding carboxylic acids is 2. The summed E-state index contributed by atoms with van der Waals surface area (Å²) in [7, 11) is 0. The van der Waals surface area contributed by atoms with Gasteiger partial charge in [-0.2, -0.15) is 0 Å². The standard InChI is InChI=1S/C14H19NO4/c16-13(19-11-5-2-1-3-6-11)8-9-15-14(17)12-7-4-10-18-12/h4,7,10-11H,1-3,5-6,8-9H2,(H,15,17). The fraction of sp³-hybridized carbons (Fsp3) is 0.571. The first-order valence-corrected chi connectivity index (χ1v) is 6.77. The second-order valence-corrected chi connectivity index (χ2v) is 4.73. The van der Waals surface area contributed by atoms with Gasteiger partial charge in [0.15, 0.2) is 5.76 Å². The lowest BCUT2D eigenvalue weighted by Crippen LogP contribution is -2.28. The normalized spacial score (nSPS) is 16.0. The molecule has 0 radical (unpaired) electrons. The first-order chi connectivity index (χ1) is 9.25. The van der Waals surface area contributed by atoms with E-state index in [9.17, 15) is 9.59 Å². The highest BCUT2D eigenvalue weighted by Gasteiger charge is 2.17. The van der Waals surface area contributed by atoms with Gasteiger partial charge in [0.1, 0.15) is 6.10 Å². The van der Waals surface area contributed by atoms with Gasteiger partial charge in [-0.05, 0) is 37.8 Å². The highest BCUT2D eigenvalue weighted by Crippen LogP contribution is 2.20. The van der Waals surface area contributed by atoms with Gasteiger partial charge in [-0.25, -0.2) is 0 Å². The highest BCUT2D eigenvalue weighted by atomic mass is 16.5. The topological polar surface area (TPSA) is 68.5 Å². The number of hydrogen-bond acceptors (Lipinski definition) is 4. The number of ether oxygens (including phenoxy) is 1. The van der Waals surface area contributed by atoms with Crippen molar-refractivity contribution in [3.8, 4) is 0 Å². The van der Waals surface area contributed by atoms with Crippen LogP contribution in [0.1, 0.15) is 49.1 Å². The Kier molecular flexibility index (Phi) is 5.01. The van der Waals surface area contributed by atoms with Crippen LogP contribution in [-0.4, -0.2) is 24.5 Å². The van der Waals surface area contributed by atoms with Crippen molar-refractivity contribution in [2.45, 2.75) is 44.6 Å². The molecule has 0 aliphatic heterocycles. The molecule has 0 bridgehead atoms. The molecule has 1 aromatic rings. The van der Waals surface area contributed by atoms with Gasteiger partial charge in [-0.3, -0.25) is 9.59 Å². The molecule has 2 rings (SSSR count). The van der Waals surface area contributed by atoms with Crippen LogP contribution < -0.4 is 5.32 Å². The number of amides is 1. The summed E-state index contributed by atoms with van der Waals surface area (Å²) < 4.78 is 10.3. The third-order valence-electron chi connectivity index (χ3n) is 3.21. The molecule has 1 heterocycles. The van der Waals surface area contributed by atoms with Gasteiger partial charge >= 0.3 is 5.97 Å². The number of esters is 1. The Labute approximate surface area is 112 Å². The third-order valence-corrected chi connectivity index (χ3v) is 3.21. The van der Waals surface area contributed by atoms with E-state index in [4.69, 9.17) is 9.15 Å². The monoisotopic (exact) mass is 265 g/mol. The summed E-state index contributed by atoms with van der Waals surface area (Å²) in [6.07, 6.45) is 7.12. The molecule has 0 atom stereocenters. The first-order valence-electron chi connectivity index (χ1n) is 6.77. The van der Waals surface area contributed by atoms with Crippen molar-refractivity contribution in [3.63, 3.8) is 0 Å². The Bertz CT molecular complexity index is 407. The second kappa shape index (κ2) is 6.97. The molecular weight excluding hydrogens is 246 g/mol. The summed E-state index contributed by atoms with van der Waals surface area (Å²) in [6.45, 7) is 0.269. The predicted octanol–water partition coefficient (Wildman–Crippen LogP) is 2.28. The first kappa shape index (κ1) is 13.6. The predicted molar refractivity (Wildman–Crippen MR) is 68.6 cm³/mol. The van der Waals surface area contributed by atoms with E-state index in [1.54, 1.807) is 12.1 Å². The van der Waals surface area contributed by atoms with Gasteiger partial charge in [0, 0.05) is 6.54 Å². The quantitative estimate of drug-likeness (QED) is 0.829. The lowest BCUT2D eigenvalue weighted by Gasteiger charge is -2.21. The summed E-state index contributed by atoms with van der Waals surface area (Å²) in [4.78, 5) is 23.1. The van der Waals surface area contributed by atoms with Crippen molar-refractivity contribution < 1.29 is 18.7 Å². The van der Waals surface area contributed by atoms with Crippen molar-refractivity contribution in [2.24, 2.45) is 0 Å². The molecule has 1 saturated carbocycles. The highest BCUT2D eigenvalue weighted by molar-refractivity contribution is 5.91. The van der Waals surface area contributed by atoms with Gasteiger partial charge in [0.05, 0.1) is 12.7 Å². The van der Waals surface area contributed by atoms with Crippen LogP contribution in [0.4, 0.5) is 0 Å². The SMILES string of the molecule is O=C(CCNC(=O)c1ccco1)OC1CCCCC1. The molecule has 19 heavy (non-hydrogen) atoms. The van der Waals surface area contributed by atoms with Gasteiger partial charge in [0.25, 0.3) is 5.91 Å². The van der Waals surface area contributed by atoms with Crippen LogP contribution in [0.15, 0.2) is 22.8 Å². The molecule has 0 aromatic carbocycles. The largest absolute Gasteiger partial charge is 0.462 e. The smallest absolute Gasteiger partial charge is 0.307 e. The van der Waals surface area contributed by atoms with Crippen LogP contribution in [0, 0.1) is 0 Å². The average Bonchev–Trinajstić information content (AvgIpc) is 2.93. The Hall–Kier alpha value is -1.78. The van der Waals surface area contributed by atoms with Crippen LogP contribution in [-0.2, 0) is 9.53 Å². The van der Waals surface area contributed by atoms with E-state index in [0.717, 1.165) is 25.7 Å². The summed E-state index contributed by atoms with van der Waals surface area (Å²) in [5.74, 6) is -0.303. The van der Waals surface area contributed by atoms with Gasteiger partial charge < -0.3 is 14.5 Å². The zero-order valence-electron chi connectivity index (χ0n) is 10.9. The van der Waals surface area contributed by atoms with Gasteiger partial charge in [-0.15, -0.1) is 0 Å². The van der Waals surface area contributed by atoms with Crippen LogP contribution in [0.25, 0.3) is 0 Å². The Morgan fingerprint density at radius 2 is 2.11 bits per heavy atom. The fourth-order valence-corrected chi connectivity index (χ4v) is 2.20. The lowest BCUT2D eigenvalue weighted by molar-refractivity contribution is -0.150. The fourth-order valence-electron chi connectivity index (χ4n) is 2.20. The number of furan rings is 1. The molecule has 0 saturated heterocycles. The lowest BCUT2D eigenvalue weighted by atomic mass is 9.98. The van der Waals surface area contributed by atoms with E-state index in [2.05, 4.69) is 5.32 Å². The van der Waals surface area contributed by atoms with E-state index < -0.39 is 0 Å². The van der Waals surface area contributed by atoms with E-state index in [-0.39, 0.29) is 36.7 Å². The number of hydrogen-bond donors (Lipinski definition) is 1. The molecular formula is C14H19NO4. The minimum Gasteiger partial charge on any atom is -0.462 e. The van der Waals surface area contributed by atoms with Gasteiger partial charge in [0.2, 0.25) is 0 Å². The summed E-state index contributed by atoms with van der Waals surface area (Å²) in [6, 6.07) is 3.22. The second-order valence-electron chi connectivity index (χ2n) is 4.73. The van der Waals surface area contributed by atoms with Crippen LogP contribution in [0.5, 0.6) is 0 Å². The summed E-state index contributed by atoms with van der Waals surface area (Å²) >= 11 is 0. The number of rotatable bonds is 5. The molecule has 1 fully saturated rings. The molecule has 5 heteroatoms. The Balaban J connectivity index is 1.62. The van der Waals surface area contributed by atoms with Crippen LogP contribution in [0.3, 0.4) is 0 Å². The minimum absolute atomic E-state index is 0.0713. The van der Waals surface area contributed by atoms with E-state index in [1.807, 2.05) is 0 Å². The van der Waals surface area contributed by atoms with Crippen LogP contribution in [0.2, 0.25) is 0 Å². The number of nitrogens with one attached hydrogen (secondary N) is 1. The minimum atomic E-state index is -0.310. The summed E-state index contributed by atoms with van der Waals surface area (Å²) in [5, 5.41) is 2.62. The molecule has 0 spiro atoms. The van der Waals surface area contributed by atoms with Crippen molar-refractivity contribution in [2.75, 3.05) is 6.54 Å². The van der Waals surface area contributed by atoms with Crippen LogP contribution >= 0.6 is 0 Å². The number of carbonyl (C=O) groups is 2. The van der Waals surface area contributed by atoms with E-state index >= 15 is 0 Å². The molecule has 1 N–H and O–H groups in total. The molecule has 5 nitrogen and oxygen atoms in total. The van der Waals surface area contributed by atoms with E-state index in [0.29, 0.717) is 0 Å². The Morgan fingerprint density at radius 3 is 2.79 bits per heavy atom. The third kappa shape index (κ3) is 4.43. The maximum atomic E-state index is 11.6. The maximum absolute atomic E-state index is 11.6. The molecule has 1 aliphatic carbocycles. The maximum Gasteiger partial charge on any atom is 0.307 e.